The van der Waals surface area contributed by atoms with Gasteiger partial charge in [-0.05, 0) is 36.0 Å². The molecule has 0 aliphatic heterocycles. The van der Waals surface area contributed by atoms with Crippen molar-refractivity contribution in [2.24, 2.45) is 0 Å². The van der Waals surface area contributed by atoms with Gasteiger partial charge >= 0.3 is 0 Å². The summed E-state index contributed by atoms with van der Waals surface area (Å²) in [5.41, 5.74) is 2.39. The van der Waals surface area contributed by atoms with Crippen LogP contribution in [0.2, 0.25) is 0 Å². The number of thioether (sulfide) groups is 1. The summed E-state index contributed by atoms with van der Waals surface area (Å²) in [6.07, 6.45) is 5.35. The van der Waals surface area contributed by atoms with E-state index in [2.05, 4.69) is 59.8 Å². The van der Waals surface area contributed by atoms with E-state index in [9.17, 15) is 4.79 Å². The summed E-state index contributed by atoms with van der Waals surface area (Å²) in [5, 5.41) is 9.69. The van der Waals surface area contributed by atoms with Gasteiger partial charge in [0.15, 0.2) is 11.0 Å². The molecule has 29 heavy (non-hydrogen) atoms. The van der Waals surface area contributed by atoms with Crippen LogP contribution in [0.5, 0.6) is 0 Å². The normalized spacial score (nSPS) is 17.6. The predicted octanol–water partition coefficient (Wildman–Crippen LogP) is 5.49. The van der Waals surface area contributed by atoms with Crippen molar-refractivity contribution in [3.63, 3.8) is 0 Å². The van der Waals surface area contributed by atoms with Crippen molar-refractivity contribution in [3.8, 4) is 11.4 Å². The number of Topliss-reactive ketones (excluding diaryl/α,β-unsaturated/α-hetero) is 1. The first kappa shape index (κ1) is 20.0. The molecule has 1 atom stereocenters. The second-order valence-corrected chi connectivity index (χ2v) is 9.79. The highest BCUT2D eigenvalue weighted by Gasteiger charge is 2.27. The summed E-state index contributed by atoms with van der Waals surface area (Å²) in [7, 11) is 0. The Morgan fingerprint density at radius 3 is 2.59 bits per heavy atom. The third-order valence-electron chi connectivity index (χ3n) is 5.37. The zero-order chi connectivity index (χ0) is 20.4. The van der Waals surface area contributed by atoms with E-state index in [1.54, 1.807) is 18.0 Å². The fourth-order valence-corrected chi connectivity index (χ4v) is 4.77. The van der Waals surface area contributed by atoms with Crippen molar-refractivity contribution in [1.82, 2.24) is 14.8 Å². The van der Waals surface area contributed by atoms with Gasteiger partial charge in [-0.1, -0.05) is 63.2 Å². The van der Waals surface area contributed by atoms with Gasteiger partial charge in [0.1, 0.15) is 11.5 Å². The van der Waals surface area contributed by atoms with E-state index in [1.807, 2.05) is 12.1 Å². The Morgan fingerprint density at radius 1 is 1.14 bits per heavy atom. The molecule has 0 saturated heterocycles. The monoisotopic (exact) mass is 409 g/mol. The van der Waals surface area contributed by atoms with E-state index in [0.29, 0.717) is 18.7 Å². The highest BCUT2D eigenvalue weighted by Crippen LogP contribution is 2.33. The molecule has 0 amide bonds. The van der Waals surface area contributed by atoms with E-state index in [-0.39, 0.29) is 10.7 Å². The van der Waals surface area contributed by atoms with E-state index in [1.165, 1.54) is 5.56 Å². The molecule has 1 saturated carbocycles. The second kappa shape index (κ2) is 8.19. The lowest BCUT2D eigenvalue weighted by molar-refractivity contribution is -0.119. The van der Waals surface area contributed by atoms with Gasteiger partial charge in [-0.15, -0.1) is 10.2 Å². The summed E-state index contributed by atoms with van der Waals surface area (Å²) in [4.78, 5) is 12.3. The first-order chi connectivity index (χ1) is 13.9. The maximum Gasteiger partial charge on any atom is 0.192 e. The Hall–Kier alpha value is -2.34. The third-order valence-corrected chi connectivity index (χ3v) is 6.66. The molecule has 0 radical (unpaired) electrons. The van der Waals surface area contributed by atoms with Gasteiger partial charge in [-0.25, -0.2) is 0 Å². The number of rotatable bonds is 5. The standard InChI is InChI=1S/C23H27N3O2S/c1-23(2,3)17-12-10-16(11-13-17)21-24-25-22(26(21)15-18-7-6-14-28-18)29-20-9-5-4-8-19(20)27/h6-7,10-14,20H,4-5,8-9,15H2,1-3H3. The third kappa shape index (κ3) is 4.47. The molecule has 3 aromatic rings. The molecular weight excluding hydrogens is 382 g/mol. The van der Waals surface area contributed by atoms with Gasteiger partial charge in [-0.3, -0.25) is 9.36 Å². The molecule has 5 nitrogen and oxygen atoms in total. The number of aromatic nitrogens is 3. The Kier molecular flexibility index (Phi) is 5.63. The number of ketones is 1. The molecule has 0 spiro atoms. The highest BCUT2D eigenvalue weighted by atomic mass is 32.2. The molecule has 152 valence electrons. The summed E-state index contributed by atoms with van der Waals surface area (Å²) in [6.45, 7) is 7.16. The number of furan rings is 1. The smallest absolute Gasteiger partial charge is 0.192 e. The summed E-state index contributed by atoms with van der Waals surface area (Å²) in [6, 6.07) is 12.3. The van der Waals surface area contributed by atoms with Crippen LogP contribution in [0.25, 0.3) is 11.4 Å². The van der Waals surface area contributed by atoms with Crippen molar-refractivity contribution < 1.29 is 9.21 Å². The van der Waals surface area contributed by atoms with E-state index >= 15 is 0 Å². The Balaban J connectivity index is 1.67. The molecule has 2 heterocycles. The lowest BCUT2D eigenvalue weighted by atomic mass is 9.87. The van der Waals surface area contributed by atoms with Gasteiger partial charge in [-0.2, -0.15) is 0 Å². The van der Waals surface area contributed by atoms with Gasteiger partial charge in [0.25, 0.3) is 0 Å². The molecule has 6 heteroatoms. The maximum absolute atomic E-state index is 12.3. The number of carbonyl (C=O) groups excluding carboxylic acids is 1. The molecule has 1 aliphatic carbocycles. The van der Waals surface area contributed by atoms with Crippen molar-refractivity contribution in [2.75, 3.05) is 0 Å². The van der Waals surface area contributed by atoms with Crippen LogP contribution in [0.1, 0.15) is 57.8 Å². The SMILES string of the molecule is CC(C)(C)c1ccc(-c2nnc(SC3CCCCC3=O)n2Cc2ccco2)cc1. The molecule has 1 fully saturated rings. The van der Waals surface area contributed by atoms with Crippen molar-refractivity contribution >= 4 is 17.5 Å². The topological polar surface area (TPSA) is 60.9 Å². The number of nitrogens with zero attached hydrogens (tertiary/aromatic N) is 3. The first-order valence-corrected chi connectivity index (χ1v) is 11.1. The Bertz CT molecular complexity index is 969. The molecule has 1 aromatic carbocycles. The van der Waals surface area contributed by atoms with E-state index in [4.69, 9.17) is 4.42 Å². The van der Waals surface area contributed by atoms with E-state index < -0.39 is 0 Å². The maximum atomic E-state index is 12.3. The molecule has 4 rings (SSSR count). The van der Waals surface area contributed by atoms with Crippen molar-refractivity contribution in [3.05, 3.63) is 54.0 Å². The van der Waals surface area contributed by atoms with Gasteiger partial charge < -0.3 is 4.42 Å². The predicted molar refractivity (Wildman–Crippen MR) is 115 cm³/mol. The average molecular weight is 410 g/mol. The molecule has 0 N–H and O–H groups in total. The van der Waals surface area contributed by atoms with Crippen LogP contribution in [-0.2, 0) is 16.8 Å². The molecule has 1 aliphatic rings. The quantitative estimate of drug-likeness (QED) is 0.558. The van der Waals surface area contributed by atoms with Crippen LogP contribution >= 0.6 is 11.8 Å². The van der Waals surface area contributed by atoms with Crippen molar-refractivity contribution in [2.45, 2.75) is 68.8 Å². The molecule has 0 bridgehead atoms. The summed E-state index contributed by atoms with van der Waals surface area (Å²) in [5.74, 6) is 1.96. The lowest BCUT2D eigenvalue weighted by Gasteiger charge is -2.20. The zero-order valence-corrected chi connectivity index (χ0v) is 18.0. The lowest BCUT2D eigenvalue weighted by Crippen LogP contribution is -2.22. The van der Waals surface area contributed by atoms with E-state index in [0.717, 1.165) is 41.6 Å². The Labute approximate surface area is 175 Å². The number of hydrogen-bond acceptors (Lipinski definition) is 5. The van der Waals surface area contributed by atoms with Crippen LogP contribution in [0.15, 0.2) is 52.2 Å². The summed E-state index contributed by atoms with van der Waals surface area (Å²) >= 11 is 1.54. The van der Waals surface area contributed by atoms with Crippen LogP contribution in [0.4, 0.5) is 0 Å². The molecule has 1 unspecified atom stereocenters. The minimum atomic E-state index is -0.0283. The average Bonchev–Trinajstić information content (AvgIpc) is 3.34. The van der Waals surface area contributed by atoms with Crippen LogP contribution in [-0.4, -0.2) is 25.8 Å². The zero-order valence-electron chi connectivity index (χ0n) is 17.2. The minimum Gasteiger partial charge on any atom is -0.467 e. The number of benzene rings is 1. The van der Waals surface area contributed by atoms with Crippen LogP contribution < -0.4 is 0 Å². The highest BCUT2D eigenvalue weighted by molar-refractivity contribution is 8.00. The van der Waals surface area contributed by atoms with Gasteiger partial charge in [0.2, 0.25) is 0 Å². The van der Waals surface area contributed by atoms with Crippen molar-refractivity contribution in [1.29, 1.82) is 0 Å². The molecular formula is C23H27N3O2S. The fraction of sp³-hybridized carbons (Fsp3) is 0.435. The van der Waals surface area contributed by atoms with Gasteiger partial charge in [0.05, 0.1) is 18.1 Å². The fourth-order valence-electron chi connectivity index (χ4n) is 3.61. The molecule has 2 aromatic heterocycles. The second-order valence-electron chi connectivity index (χ2n) is 8.62. The summed E-state index contributed by atoms with van der Waals surface area (Å²) < 4.78 is 7.64. The van der Waals surface area contributed by atoms with Crippen LogP contribution in [0, 0.1) is 0 Å². The number of hydrogen-bond donors (Lipinski definition) is 0. The first-order valence-electron chi connectivity index (χ1n) is 10.2. The largest absolute Gasteiger partial charge is 0.467 e. The van der Waals surface area contributed by atoms with Gasteiger partial charge in [0, 0.05) is 12.0 Å². The minimum absolute atomic E-state index is 0.0283. The van der Waals surface area contributed by atoms with Crippen LogP contribution in [0.3, 0.4) is 0 Å². The Morgan fingerprint density at radius 2 is 1.93 bits per heavy atom. The number of carbonyl (C=O) groups is 1.